The van der Waals surface area contributed by atoms with Crippen molar-refractivity contribution in [1.82, 2.24) is 15.6 Å². The first-order valence-electron chi connectivity index (χ1n) is 9.77. The zero-order valence-electron chi connectivity index (χ0n) is 16.3. The smallest absolute Gasteiger partial charge is 0.258 e. The van der Waals surface area contributed by atoms with Crippen LogP contribution in [0.5, 0.6) is 5.75 Å². The minimum absolute atomic E-state index is 0.0477. The third kappa shape index (κ3) is 4.08. The van der Waals surface area contributed by atoms with Crippen molar-refractivity contribution in [3.05, 3.63) is 58.9 Å². The number of carbonyl (C=O) groups excluding carboxylic acids is 2. The Labute approximate surface area is 175 Å². The van der Waals surface area contributed by atoms with Crippen LogP contribution in [-0.4, -0.2) is 35.5 Å². The molecule has 0 unspecified atom stereocenters. The van der Waals surface area contributed by atoms with E-state index >= 15 is 0 Å². The quantitative estimate of drug-likeness (QED) is 0.697. The normalized spacial score (nSPS) is 24.1. The van der Waals surface area contributed by atoms with Gasteiger partial charge in [-0.25, -0.2) is 0 Å². The van der Waals surface area contributed by atoms with Crippen molar-refractivity contribution in [1.29, 1.82) is 0 Å². The second kappa shape index (κ2) is 7.67. The van der Waals surface area contributed by atoms with E-state index < -0.39 is 0 Å². The molecule has 7 heteroatoms. The maximum absolute atomic E-state index is 12.5. The molecule has 5 rings (SSSR count). The number of benzene rings is 1. The van der Waals surface area contributed by atoms with Crippen LogP contribution in [0.3, 0.4) is 0 Å². The number of hydrogen-bond acceptors (Lipinski definition) is 4. The monoisotopic (exact) mass is 413 g/mol. The van der Waals surface area contributed by atoms with Gasteiger partial charge in [0.25, 0.3) is 5.91 Å². The number of halogens is 1. The van der Waals surface area contributed by atoms with Crippen molar-refractivity contribution in [2.45, 2.75) is 38.1 Å². The number of ether oxygens (including phenoxy) is 1. The lowest BCUT2D eigenvalue weighted by Crippen LogP contribution is -2.78. The first kappa shape index (κ1) is 19.7. The first-order chi connectivity index (χ1) is 13.9. The summed E-state index contributed by atoms with van der Waals surface area (Å²) in [6, 6.07) is 9.20. The Bertz CT molecular complexity index is 912. The number of rotatable bonds is 8. The molecule has 2 bridgehead atoms. The van der Waals surface area contributed by atoms with Gasteiger partial charge in [0.15, 0.2) is 6.61 Å². The van der Waals surface area contributed by atoms with Crippen LogP contribution in [0.4, 0.5) is 0 Å². The Morgan fingerprint density at radius 1 is 1.17 bits per heavy atom. The molecular formula is C22H24ClN3O3. The topological polar surface area (TPSA) is 80.3 Å². The first-order valence-corrected chi connectivity index (χ1v) is 10.1. The van der Waals surface area contributed by atoms with Crippen LogP contribution in [0.25, 0.3) is 0 Å². The van der Waals surface area contributed by atoms with Gasteiger partial charge in [0.1, 0.15) is 5.75 Å². The third-order valence-corrected chi connectivity index (χ3v) is 6.29. The maximum atomic E-state index is 12.5. The Morgan fingerprint density at radius 2 is 1.90 bits per heavy atom. The number of hydrogen-bond donors (Lipinski definition) is 2. The van der Waals surface area contributed by atoms with Crippen LogP contribution in [-0.2, 0) is 16.0 Å². The fourth-order valence-electron chi connectivity index (χ4n) is 4.41. The van der Waals surface area contributed by atoms with Crippen molar-refractivity contribution in [2.75, 3.05) is 13.2 Å². The molecule has 0 saturated heterocycles. The van der Waals surface area contributed by atoms with Gasteiger partial charge >= 0.3 is 0 Å². The molecule has 0 radical (unpaired) electrons. The van der Waals surface area contributed by atoms with Crippen LogP contribution < -0.4 is 15.4 Å². The van der Waals surface area contributed by atoms with E-state index in [0.29, 0.717) is 36.6 Å². The van der Waals surface area contributed by atoms with E-state index in [-0.39, 0.29) is 29.4 Å². The second-order valence-electron chi connectivity index (χ2n) is 8.20. The second-order valence-corrected chi connectivity index (χ2v) is 8.61. The zero-order valence-corrected chi connectivity index (χ0v) is 17.1. The minimum Gasteiger partial charge on any atom is -0.484 e. The van der Waals surface area contributed by atoms with Gasteiger partial charge in [-0.15, -0.1) is 0 Å². The average Bonchev–Trinajstić information content (AvgIpc) is 2.65. The van der Waals surface area contributed by atoms with Gasteiger partial charge in [-0.2, -0.15) is 0 Å². The summed E-state index contributed by atoms with van der Waals surface area (Å²) in [5, 5.41) is 6.74. The molecule has 1 aromatic heterocycles. The molecular weight excluding hydrogens is 390 g/mol. The molecule has 3 aliphatic rings. The highest BCUT2D eigenvalue weighted by atomic mass is 35.5. The van der Waals surface area contributed by atoms with E-state index in [1.807, 2.05) is 25.1 Å². The van der Waals surface area contributed by atoms with E-state index in [9.17, 15) is 9.59 Å². The van der Waals surface area contributed by atoms with Crippen LogP contribution in [0, 0.1) is 12.3 Å². The lowest BCUT2D eigenvalue weighted by molar-refractivity contribution is -0.183. The largest absolute Gasteiger partial charge is 0.484 e. The molecule has 0 atom stereocenters. The molecule has 2 N–H and O–H groups in total. The Kier molecular flexibility index (Phi) is 5.21. The minimum atomic E-state index is -0.306. The summed E-state index contributed by atoms with van der Waals surface area (Å²) in [6.07, 6.45) is 6.39. The van der Waals surface area contributed by atoms with Crippen molar-refractivity contribution >= 4 is 23.4 Å². The highest BCUT2D eigenvalue weighted by molar-refractivity contribution is 6.31. The fraction of sp³-hybridized carbons (Fsp3) is 0.409. The summed E-state index contributed by atoms with van der Waals surface area (Å²) in [7, 11) is 0. The van der Waals surface area contributed by atoms with Gasteiger partial charge < -0.3 is 15.4 Å². The Hall–Kier alpha value is -2.60. The van der Waals surface area contributed by atoms with Crippen molar-refractivity contribution in [2.24, 2.45) is 5.41 Å². The molecule has 1 heterocycles. The van der Waals surface area contributed by atoms with Gasteiger partial charge in [-0.1, -0.05) is 11.6 Å². The van der Waals surface area contributed by atoms with Crippen LogP contribution in [0.1, 0.15) is 30.4 Å². The molecule has 1 aromatic carbocycles. The molecule has 2 aromatic rings. The van der Waals surface area contributed by atoms with E-state index in [4.69, 9.17) is 16.3 Å². The van der Waals surface area contributed by atoms with Crippen LogP contribution >= 0.6 is 11.6 Å². The Balaban J connectivity index is 1.18. The third-order valence-electron chi connectivity index (χ3n) is 5.86. The van der Waals surface area contributed by atoms with E-state index in [1.165, 1.54) is 0 Å². The van der Waals surface area contributed by atoms with E-state index in [1.54, 1.807) is 24.5 Å². The molecule has 3 aliphatic carbocycles. The van der Waals surface area contributed by atoms with Gasteiger partial charge in [-0.3, -0.25) is 14.6 Å². The van der Waals surface area contributed by atoms with Crippen molar-refractivity contribution in [3.63, 3.8) is 0 Å². The van der Waals surface area contributed by atoms with Gasteiger partial charge in [0, 0.05) is 29.5 Å². The van der Waals surface area contributed by atoms with Gasteiger partial charge in [-0.05, 0) is 74.1 Å². The highest BCUT2D eigenvalue weighted by Gasteiger charge is 2.72. The molecule has 6 nitrogen and oxygen atoms in total. The molecule has 29 heavy (non-hydrogen) atoms. The Morgan fingerprint density at radius 3 is 2.59 bits per heavy atom. The van der Waals surface area contributed by atoms with Crippen molar-refractivity contribution in [3.8, 4) is 5.75 Å². The van der Waals surface area contributed by atoms with Crippen LogP contribution in [0.2, 0.25) is 5.02 Å². The number of aryl methyl sites for hydroxylation is 1. The van der Waals surface area contributed by atoms with Gasteiger partial charge in [0.05, 0.1) is 5.41 Å². The van der Waals surface area contributed by atoms with E-state index in [2.05, 4.69) is 15.6 Å². The molecule has 2 amide bonds. The fourth-order valence-corrected chi connectivity index (χ4v) is 4.52. The number of nitrogens with zero attached hydrogens (tertiary/aromatic N) is 1. The van der Waals surface area contributed by atoms with Crippen molar-refractivity contribution < 1.29 is 14.3 Å². The molecule has 0 spiro atoms. The van der Waals surface area contributed by atoms with Gasteiger partial charge in [0.2, 0.25) is 5.91 Å². The number of carbonyl (C=O) groups is 2. The zero-order chi connectivity index (χ0) is 20.5. The standard InChI is InChI=1S/C22H24ClN3O3/c1-15-10-17(2-3-18(15)23)29-11-19(27)26-22-12-21(13-22,14-22)20(28)25-9-6-16-4-7-24-8-5-16/h2-5,7-8,10H,6,9,11-14H2,1H3,(H,25,28)(H,26,27). The highest BCUT2D eigenvalue weighted by Crippen LogP contribution is 2.67. The number of aromatic nitrogens is 1. The number of nitrogens with one attached hydrogen (secondary N) is 2. The summed E-state index contributed by atoms with van der Waals surface area (Å²) in [5.74, 6) is 0.546. The lowest BCUT2D eigenvalue weighted by Gasteiger charge is -2.69. The average molecular weight is 414 g/mol. The van der Waals surface area contributed by atoms with Crippen LogP contribution in [0.15, 0.2) is 42.7 Å². The van der Waals surface area contributed by atoms with E-state index in [0.717, 1.165) is 17.5 Å². The predicted octanol–water partition coefficient (Wildman–Crippen LogP) is 2.82. The maximum Gasteiger partial charge on any atom is 0.258 e. The molecule has 152 valence electrons. The SMILES string of the molecule is Cc1cc(OCC(=O)NC23CC(C(=O)NCCc4ccncc4)(C2)C3)ccc1Cl. The molecule has 0 aliphatic heterocycles. The molecule has 3 fully saturated rings. The predicted molar refractivity (Wildman–Crippen MR) is 110 cm³/mol. The summed E-state index contributed by atoms with van der Waals surface area (Å²) in [6.45, 7) is 2.45. The number of amides is 2. The summed E-state index contributed by atoms with van der Waals surface area (Å²) in [4.78, 5) is 28.7. The summed E-state index contributed by atoms with van der Waals surface area (Å²) < 4.78 is 5.55. The summed E-state index contributed by atoms with van der Waals surface area (Å²) in [5.41, 5.74) is 1.51. The lowest BCUT2D eigenvalue weighted by atomic mass is 9.39. The summed E-state index contributed by atoms with van der Waals surface area (Å²) >= 11 is 5.99. The number of pyridine rings is 1. The molecule has 3 saturated carbocycles.